The summed E-state index contributed by atoms with van der Waals surface area (Å²) in [7, 11) is 0. The van der Waals surface area contributed by atoms with E-state index in [1.165, 1.54) is 6.20 Å². The van der Waals surface area contributed by atoms with Gasteiger partial charge in [-0.25, -0.2) is 0 Å². The average Bonchev–Trinajstić information content (AvgIpc) is 2.03. The molecule has 1 heterocycles. The standard InChI is InChI=1S/C5H7N5O/c6-4(11)3-7-5-1-2-8-10-9-5/h1-2H,3H2,(H2,6,11)(H,7,8,9). The molecular formula is C5H7N5O. The lowest BCUT2D eigenvalue weighted by Crippen LogP contribution is -2.22. The maximum absolute atomic E-state index is 10.3. The van der Waals surface area contributed by atoms with Crippen molar-refractivity contribution in [3.8, 4) is 0 Å². The van der Waals surface area contributed by atoms with E-state index < -0.39 is 5.91 Å². The molecule has 0 saturated heterocycles. The van der Waals surface area contributed by atoms with Crippen molar-refractivity contribution in [2.24, 2.45) is 5.73 Å². The lowest BCUT2D eigenvalue weighted by molar-refractivity contribution is -0.116. The first kappa shape index (κ1) is 7.39. The zero-order chi connectivity index (χ0) is 8.10. The Bertz CT molecular complexity index is 236. The number of hydrogen-bond acceptors (Lipinski definition) is 5. The highest BCUT2D eigenvalue weighted by Crippen LogP contribution is 1.93. The van der Waals surface area contributed by atoms with Gasteiger partial charge < -0.3 is 11.1 Å². The van der Waals surface area contributed by atoms with Gasteiger partial charge in [-0.3, -0.25) is 4.79 Å². The van der Waals surface area contributed by atoms with Crippen molar-refractivity contribution in [2.45, 2.75) is 0 Å². The molecule has 1 aromatic heterocycles. The van der Waals surface area contributed by atoms with Crippen molar-refractivity contribution >= 4 is 11.7 Å². The molecule has 0 spiro atoms. The van der Waals surface area contributed by atoms with E-state index in [2.05, 4.69) is 20.7 Å². The number of rotatable bonds is 3. The minimum absolute atomic E-state index is 0.0543. The minimum Gasteiger partial charge on any atom is -0.368 e. The molecule has 0 aliphatic heterocycles. The van der Waals surface area contributed by atoms with E-state index in [0.29, 0.717) is 5.82 Å². The Hall–Kier alpha value is -1.72. The quantitative estimate of drug-likeness (QED) is 0.567. The van der Waals surface area contributed by atoms with Crippen LogP contribution in [0.15, 0.2) is 12.3 Å². The number of amides is 1. The smallest absolute Gasteiger partial charge is 0.236 e. The number of hydrogen-bond donors (Lipinski definition) is 2. The van der Waals surface area contributed by atoms with E-state index in [4.69, 9.17) is 5.73 Å². The summed E-state index contributed by atoms with van der Waals surface area (Å²) >= 11 is 0. The van der Waals surface area contributed by atoms with Crippen LogP contribution in [0.1, 0.15) is 0 Å². The third-order valence-electron chi connectivity index (χ3n) is 0.947. The van der Waals surface area contributed by atoms with Crippen LogP contribution < -0.4 is 11.1 Å². The molecule has 0 aliphatic carbocycles. The average molecular weight is 153 g/mol. The zero-order valence-corrected chi connectivity index (χ0v) is 5.69. The Morgan fingerprint density at radius 1 is 1.73 bits per heavy atom. The van der Waals surface area contributed by atoms with Gasteiger partial charge in [0.2, 0.25) is 5.91 Å². The van der Waals surface area contributed by atoms with E-state index in [1.54, 1.807) is 6.07 Å². The fraction of sp³-hybridized carbons (Fsp3) is 0.200. The third-order valence-corrected chi connectivity index (χ3v) is 0.947. The fourth-order valence-corrected chi connectivity index (χ4v) is 0.513. The summed E-state index contributed by atoms with van der Waals surface area (Å²) in [6, 6.07) is 1.59. The van der Waals surface area contributed by atoms with Crippen LogP contribution in [0.25, 0.3) is 0 Å². The molecule has 6 heteroatoms. The minimum atomic E-state index is -0.441. The van der Waals surface area contributed by atoms with Gasteiger partial charge in [-0.05, 0) is 5.21 Å². The summed E-state index contributed by atoms with van der Waals surface area (Å²) in [5.74, 6) is 0.0439. The molecule has 58 valence electrons. The summed E-state index contributed by atoms with van der Waals surface area (Å²) in [5.41, 5.74) is 4.88. The summed E-state index contributed by atoms with van der Waals surface area (Å²) < 4.78 is 0. The van der Waals surface area contributed by atoms with E-state index >= 15 is 0 Å². The molecule has 0 radical (unpaired) electrons. The van der Waals surface area contributed by atoms with Gasteiger partial charge in [0.05, 0.1) is 12.7 Å². The van der Waals surface area contributed by atoms with E-state index in [0.717, 1.165) is 0 Å². The number of aromatic nitrogens is 3. The van der Waals surface area contributed by atoms with Crippen molar-refractivity contribution in [3.63, 3.8) is 0 Å². The second kappa shape index (κ2) is 3.45. The van der Waals surface area contributed by atoms with Crippen LogP contribution in [0, 0.1) is 0 Å². The van der Waals surface area contributed by atoms with Gasteiger partial charge in [0.1, 0.15) is 0 Å². The van der Waals surface area contributed by atoms with Crippen LogP contribution in [0.2, 0.25) is 0 Å². The molecule has 1 rings (SSSR count). The van der Waals surface area contributed by atoms with Gasteiger partial charge in [-0.2, -0.15) is 0 Å². The van der Waals surface area contributed by atoms with Crippen molar-refractivity contribution in [3.05, 3.63) is 12.3 Å². The molecule has 11 heavy (non-hydrogen) atoms. The van der Waals surface area contributed by atoms with Crippen LogP contribution in [-0.4, -0.2) is 27.9 Å². The highest BCUT2D eigenvalue weighted by Gasteiger charge is 1.94. The molecule has 1 amide bonds. The molecule has 6 nitrogen and oxygen atoms in total. The number of nitrogens with two attached hydrogens (primary N) is 1. The highest BCUT2D eigenvalue weighted by atomic mass is 16.1. The Morgan fingerprint density at radius 3 is 3.09 bits per heavy atom. The van der Waals surface area contributed by atoms with Gasteiger partial charge in [0.25, 0.3) is 0 Å². The Kier molecular flexibility index (Phi) is 2.32. The molecule has 0 unspecified atom stereocenters. The van der Waals surface area contributed by atoms with Gasteiger partial charge in [0, 0.05) is 6.07 Å². The first-order valence-corrected chi connectivity index (χ1v) is 2.95. The molecule has 3 N–H and O–H groups in total. The third kappa shape index (κ3) is 2.57. The maximum atomic E-state index is 10.3. The number of nitrogens with zero attached hydrogens (tertiary/aromatic N) is 3. The number of anilines is 1. The molecule has 0 fully saturated rings. The lowest BCUT2D eigenvalue weighted by atomic mass is 10.5. The summed E-state index contributed by atoms with van der Waals surface area (Å²) in [6.07, 6.45) is 1.47. The molecule has 0 saturated carbocycles. The number of primary amides is 1. The van der Waals surface area contributed by atoms with Crippen molar-refractivity contribution in [1.82, 2.24) is 15.4 Å². The van der Waals surface area contributed by atoms with E-state index in [1.807, 2.05) is 0 Å². The van der Waals surface area contributed by atoms with E-state index in [9.17, 15) is 4.79 Å². The molecule has 0 atom stereocenters. The first-order valence-electron chi connectivity index (χ1n) is 2.95. The molecule has 0 aliphatic rings. The summed E-state index contributed by atoms with van der Waals surface area (Å²) in [4.78, 5) is 10.3. The zero-order valence-electron chi connectivity index (χ0n) is 5.69. The second-order valence-corrected chi connectivity index (χ2v) is 1.83. The van der Waals surface area contributed by atoms with Crippen molar-refractivity contribution in [1.29, 1.82) is 0 Å². The number of nitrogens with one attached hydrogen (secondary N) is 1. The van der Waals surface area contributed by atoms with Crippen LogP contribution in [0.3, 0.4) is 0 Å². The Morgan fingerprint density at radius 2 is 2.55 bits per heavy atom. The molecule has 0 aromatic carbocycles. The normalized spacial score (nSPS) is 9.09. The lowest BCUT2D eigenvalue weighted by Gasteiger charge is -1.98. The molecule has 0 bridgehead atoms. The van der Waals surface area contributed by atoms with Crippen LogP contribution >= 0.6 is 0 Å². The topological polar surface area (TPSA) is 93.8 Å². The van der Waals surface area contributed by atoms with Crippen molar-refractivity contribution in [2.75, 3.05) is 11.9 Å². The fourth-order valence-electron chi connectivity index (χ4n) is 0.513. The van der Waals surface area contributed by atoms with Gasteiger partial charge in [-0.15, -0.1) is 10.2 Å². The number of carbonyl (C=O) groups is 1. The van der Waals surface area contributed by atoms with Gasteiger partial charge in [-0.1, -0.05) is 0 Å². The largest absolute Gasteiger partial charge is 0.368 e. The predicted octanol–water partition coefficient (Wildman–Crippen LogP) is -1.23. The van der Waals surface area contributed by atoms with Gasteiger partial charge in [0.15, 0.2) is 5.82 Å². The summed E-state index contributed by atoms with van der Waals surface area (Å²) in [5, 5.41) is 13.0. The van der Waals surface area contributed by atoms with Crippen LogP contribution in [0.4, 0.5) is 5.82 Å². The van der Waals surface area contributed by atoms with Crippen molar-refractivity contribution < 1.29 is 4.79 Å². The van der Waals surface area contributed by atoms with Gasteiger partial charge >= 0.3 is 0 Å². The number of carbonyl (C=O) groups excluding carboxylic acids is 1. The molecular weight excluding hydrogens is 146 g/mol. The SMILES string of the molecule is NC(=O)CNc1ccnnn1. The first-order chi connectivity index (χ1) is 5.29. The summed E-state index contributed by atoms with van der Waals surface area (Å²) in [6.45, 7) is 0.0543. The predicted molar refractivity (Wildman–Crippen MR) is 37.5 cm³/mol. The highest BCUT2D eigenvalue weighted by molar-refractivity contribution is 5.78. The monoisotopic (exact) mass is 153 g/mol. The van der Waals surface area contributed by atoms with Crippen LogP contribution in [-0.2, 0) is 4.79 Å². The second-order valence-electron chi connectivity index (χ2n) is 1.83. The Balaban J connectivity index is 2.45. The van der Waals surface area contributed by atoms with E-state index in [-0.39, 0.29) is 6.54 Å². The maximum Gasteiger partial charge on any atom is 0.236 e. The Labute approximate surface area is 62.8 Å². The molecule has 1 aromatic rings. The van der Waals surface area contributed by atoms with Crippen LogP contribution in [0.5, 0.6) is 0 Å².